The summed E-state index contributed by atoms with van der Waals surface area (Å²) in [5.41, 5.74) is 6.72. The van der Waals surface area contributed by atoms with Crippen LogP contribution in [0.2, 0.25) is 0 Å². The normalized spacial score (nSPS) is 14.7. The van der Waals surface area contributed by atoms with Gasteiger partial charge in [0.15, 0.2) is 0 Å². The number of nitrogens with one attached hydrogen (secondary N) is 1. The highest BCUT2D eigenvalue weighted by atomic mass is 19.1. The lowest BCUT2D eigenvalue weighted by Gasteiger charge is -2.39. The zero-order valence-electron chi connectivity index (χ0n) is 22.3. The molecule has 0 bridgehead atoms. The van der Waals surface area contributed by atoms with Crippen LogP contribution in [0.25, 0.3) is 6.08 Å². The highest BCUT2D eigenvalue weighted by Crippen LogP contribution is 2.37. The Bertz CT molecular complexity index is 1440. The van der Waals surface area contributed by atoms with Gasteiger partial charge in [-0.3, -0.25) is 4.79 Å². The molecule has 6 heteroatoms. The quantitative estimate of drug-likeness (QED) is 0.249. The third-order valence-electron chi connectivity index (χ3n) is 7.13. The van der Waals surface area contributed by atoms with Crippen LogP contribution in [0, 0.1) is 5.82 Å². The van der Waals surface area contributed by atoms with Gasteiger partial charge in [-0.15, -0.1) is 0 Å². The minimum absolute atomic E-state index is 0.0723. The van der Waals surface area contributed by atoms with Crippen molar-refractivity contribution in [3.63, 3.8) is 0 Å². The van der Waals surface area contributed by atoms with Crippen LogP contribution in [0.1, 0.15) is 33.9 Å². The molecule has 0 fully saturated rings. The predicted molar refractivity (Wildman–Crippen MR) is 157 cm³/mol. The Morgan fingerprint density at radius 1 is 0.975 bits per heavy atom. The smallest absolute Gasteiger partial charge is 0.244 e. The Morgan fingerprint density at radius 3 is 2.50 bits per heavy atom. The van der Waals surface area contributed by atoms with Crippen LogP contribution in [0.15, 0.2) is 103 Å². The van der Waals surface area contributed by atoms with Gasteiger partial charge in [0, 0.05) is 24.9 Å². The highest BCUT2D eigenvalue weighted by Gasteiger charge is 2.28. The molecule has 4 aromatic rings. The van der Waals surface area contributed by atoms with Crippen molar-refractivity contribution in [2.24, 2.45) is 0 Å². The summed E-state index contributed by atoms with van der Waals surface area (Å²) in [6.45, 7) is 1.48. The monoisotopic (exact) mass is 536 g/mol. The average molecular weight is 537 g/mol. The van der Waals surface area contributed by atoms with Gasteiger partial charge < -0.3 is 20.1 Å². The van der Waals surface area contributed by atoms with Gasteiger partial charge in [0.05, 0.1) is 12.6 Å². The molecule has 1 heterocycles. The number of anilines is 1. The molecule has 2 N–H and O–H groups in total. The molecule has 40 heavy (non-hydrogen) atoms. The molecule has 4 aromatic carbocycles. The molecule has 0 radical (unpaired) electrons. The van der Waals surface area contributed by atoms with Gasteiger partial charge in [-0.2, -0.15) is 0 Å². The molecule has 204 valence electrons. The summed E-state index contributed by atoms with van der Waals surface area (Å²) in [6, 6.07) is 31.5. The summed E-state index contributed by atoms with van der Waals surface area (Å²) < 4.78 is 19.8. The first-order chi connectivity index (χ1) is 19.6. The van der Waals surface area contributed by atoms with Gasteiger partial charge in [-0.1, -0.05) is 60.7 Å². The second-order valence-electron chi connectivity index (χ2n) is 9.86. The van der Waals surface area contributed by atoms with Crippen LogP contribution in [0.4, 0.5) is 10.1 Å². The van der Waals surface area contributed by atoms with Crippen molar-refractivity contribution in [3.8, 4) is 5.75 Å². The van der Waals surface area contributed by atoms with Crippen molar-refractivity contribution in [1.82, 2.24) is 5.32 Å². The van der Waals surface area contributed by atoms with E-state index in [2.05, 4.69) is 46.6 Å². The van der Waals surface area contributed by atoms with Crippen LogP contribution < -0.4 is 15.0 Å². The minimum atomic E-state index is -0.244. The van der Waals surface area contributed by atoms with Crippen molar-refractivity contribution < 1.29 is 19.0 Å². The lowest BCUT2D eigenvalue weighted by atomic mass is 9.88. The number of ether oxygens (including phenoxy) is 1. The van der Waals surface area contributed by atoms with Crippen LogP contribution in [0.5, 0.6) is 5.75 Å². The summed E-state index contributed by atoms with van der Waals surface area (Å²) in [5.74, 6) is 0.376. The third kappa shape index (κ3) is 6.96. The van der Waals surface area contributed by atoms with Crippen molar-refractivity contribution in [3.05, 3.63) is 137 Å². The fourth-order valence-electron chi connectivity index (χ4n) is 5.08. The number of carbonyl (C=O) groups is 1. The van der Waals surface area contributed by atoms with Gasteiger partial charge in [-0.05, 0) is 83.1 Å². The van der Waals surface area contributed by atoms with E-state index in [4.69, 9.17) is 9.84 Å². The van der Waals surface area contributed by atoms with Crippen LogP contribution in [-0.2, 0) is 24.2 Å². The zero-order chi connectivity index (χ0) is 27.7. The highest BCUT2D eigenvalue weighted by molar-refractivity contribution is 5.91. The Labute approximate surface area is 234 Å². The largest absolute Gasteiger partial charge is 0.489 e. The number of fused-ring (bicyclic) bond motifs is 1. The van der Waals surface area contributed by atoms with Crippen LogP contribution >= 0.6 is 0 Å². The van der Waals surface area contributed by atoms with Gasteiger partial charge in [0.2, 0.25) is 5.91 Å². The van der Waals surface area contributed by atoms with E-state index in [1.54, 1.807) is 6.08 Å². The number of hydrogen-bond acceptors (Lipinski definition) is 4. The van der Waals surface area contributed by atoms with E-state index in [1.165, 1.54) is 29.3 Å². The molecule has 0 aromatic heterocycles. The molecule has 5 nitrogen and oxygen atoms in total. The third-order valence-corrected chi connectivity index (χ3v) is 7.13. The maximum atomic E-state index is 13.7. The number of aliphatic hydroxyl groups is 1. The summed E-state index contributed by atoms with van der Waals surface area (Å²) in [5, 5.41) is 11.5. The Balaban J connectivity index is 1.36. The van der Waals surface area contributed by atoms with Gasteiger partial charge >= 0.3 is 0 Å². The number of amides is 1. The SMILES string of the molecule is O=C(/C=C/c1ccc(CC2c3ccc(OCc4ccccc4)cc3CCN2c2ccc(F)cc2)cc1)NCCO. The van der Waals surface area contributed by atoms with Crippen LogP contribution in [-0.4, -0.2) is 30.7 Å². The summed E-state index contributed by atoms with van der Waals surface area (Å²) >= 11 is 0. The predicted octanol–water partition coefficient (Wildman–Crippen LogP) is 5.87. The standard InChI is InChI=1S/C34H33FN2O3/c35-29-11-13-30(14-12-29)37-20-18-28-23-31(40-24-27-4-2-1-3-5-27)15-16-32(28)33(37)22-26-8-6-25(7-9-26)10-17-34(39)36-19-21-38/h1-17,23,33,38H,18-22,24H2,(H,36,39)/b17-10+. The number of hydrogen-bond donors (Lipinski definition) is 2. The van der Waals surface area contributed by atoms with Gasteiger partial charge in [0.1, 0.15) is 18.2 Å². The van der Waals surface area contributed by atoms with Gasteiger partial charge in [-0.25, -0.2) is 4.39 Å². The van der Waals surface area contributed by atoms with E-state index >= 15 is 0 Å². The molecular formula is C34H33FN2O3. The maximum Gasteiger partial charge on any atom is 0.244 e. The van der Waals surface area contributed by atoms with Crippen LogP contribution in [0.3, 0.4) is 0 Å². The molecular weight excluding hydrogens is 503 g/mol. The first kappa shape index (κ1) is 27.2. The summed E-state index contributed by atoms with van der Waals surface area (Å²) in [7, 11) is 0. The Hall–Kier alpha value is -4.42. The van der Waals surface area contributed by atoms with E-state index in [-0.39, 0.29) is 30.9 Å². The molecule has 1 amide bonds. The molecule has 1 aliphatic rings. The number of halogens is 1. The van der Waals surface area contributed by atoms with E-state index in [9.17, 15) is 9.18 Å². The average Bonchev–Trinajstić information content (AvgIpc) is 2.99. The fourth-order valence-corrected chi connectivity index (χ4v) is 5.08. The van der Waals surface area contributed by atoms with Crippen molar-refractivity contribution in [1.29, 1.82) is 0 Å². The molecule has 1 unspecified atom stereocenters. The molecule has 0 spiro atoms. The molecule has 0 saturated carbocycles. The van der Waals surface area contributed by atoms with E-state index in [0.717, 1.165) is 47.5 Å². The number of nitrogens with zero attached hydrogens (tertiary/aromatic N) is 1. The Morgan fingerprint density at radius 2 is 1.75 bits per heavy atom. The second kappa shape index (κ2) is 13.1. The zero-order valence-corrected chi connectivity index (χ0v) is 22.3. The van der Waals surface area contributed by atoms with E-state index in [0.29, 0.717) is 6.61 Å². The molecule has 1 aliphatic heterocycles. The lowest BCUT2D eigenvalue weighted by molar-refractivity contribution is -0.116. The van der Waals surface area contributed by atoms with Crippen molar-refractivity contribution in [2.75, 3.05) is 24.6 Å². The molecule has 5 rings (SSSR count). The van der Waals surface area contributed by atoms with Crippen molar-refractivity contribution in [2.45, 2.75) is 25.5 Å². The molecule has 0 saturated heterocycles. The topological polar surface area (TPSA) is 61.8 Å². The Kier molecular flexibility index (Phi) is 8.89. The number of rotatable bonds is 10. The van der Waals surface area contributed by atoms with Crippen molar-refractivity contribution >= 4 is 17.7 Å². The molecule has 0 aliphatic carbocycles. The lowest BCUT2D eigenvalue weighted by Crippen LogP contribution is -2.36. The number of carbonyl (C=O) groups excluding carboxylic acids is 1. The van der Waals surface area contributed by atoms with Gasteiger partial charge in [0.25, 0.3) is 0 Å². The van der Waals surface area contributed by atoms with E-state index in [1.807, 2.05) is 48.5 Å². The van der Waals surface area contributed by atoms with E-state index < -0.39 is 0 Å². The first-order valence-electron chi connectivity index (χ1n) is 13.6. The maximum absolute atomic E-state index is 13.7. The number of benzene rings is 4. The minimum Gasteiger partial charge on any atom is -0.489 e. The number of aliphatic hydroxyl groups excluding tert-OH is 1. The fraction of sp³-hybridized carbons (Fsp3) is 0.206. The summed E-state index contributed by atoms with van der Waals surface area (Å²) in [4.78, 5) is 14.2. The first-order valence-corrected chi connectivity index (χ1v) is 13.6. The second-order valence-corrected chi connectivity index (χ2v) is 9.86. The summed E-state index contributed by atoms with van der Waals surface area (Å²) in [6.07, 6.45) is 4.87. The molecule has 1 atom stereocenters.